The highest BCUT2D eigenvalue weighted by molar-refractivity contribution is 9.10. The van der Waals surface area contributed by atoms with Gasteiger partial charge in [0.15, 0.2) is 0 Å². The zero-order chi connectivity index (χ0) is 14.3. The van der Waals surface area contributed by atoms with Crippen molar-refractivity contribution in [1.29, 1.82) is 0 Å². The fourth-order valence-electron chi connectivity index (χ4n) is 2.22. The molecule has 0 fully saturated rings. The molecular formula is C15H11BrN2O2. The number of carboxylic acids is 1. The van der Waals surface area contributed by atoms with E-state index in [2.05, 4.69) is 20.9 Å². The molecule has 3 rings (SSSR count). The number of aromatic nitrogens is 2. The number of rotatable bonds is 2. The average molecular weight is 331 g/mol. The van der Waals surface area contributed by atoms with Crippen molar-refractivity contribution >= 4 is 32.9 Å². The van der Waals surface area contributed by atoms with Crippen LogP contribution in [0, 0.1) is 0 Å². The Bertz CT molecular complexity index is 824. The van der Waals surface area contributed by atoms with Gasteiger partial charge in [0.05, 0.1) is 16.6 Å². The predicted molar refractivity (Wildman–Crippen MR) is 80.8 cm³/mol. The van der Waals surface area contributed by atoms with Gasteiger partial charge in [0.1, 0.15) is 5.82 Å². The van der Waals surface area contributed by atoms with Crippen molar-refractivity contribution in [2.45, 2.75) is 0 Å². The van der Waals surface area contributed by atoms with Gasteiger partial charge in [-0.25, -0.2) is 9.78 Å². The Hall–Kier alpha value is -2.14. The summed E-state index contributed by atoms with van der Waals surface area (Å²) in [6, 6.07) is 12.8. The number of aryl methyl sites for hydroxylation is 1. The van der Waals surface area contributed by atoms with Crippen molar-refractivity contribution < 1.29 is 9.90 Å². The summed E-state index contributed by atoms with van der Waals surface area (Å²) in [5, 5.41) is 9.04. The lowest BCUT2D eigenvalue weighted by Crippen LogP contribution is -1.96. The first-order valence-corrected chi connectivity index (χ1v) is 6.82. The van der Waals surface area contributed by atoms with Crippen LogP contribution in [0.4, 0.5) is 0 Å². The summed E-state index contributed by atoms with van der Waals surface area (Å²) in [6.07, 6.45) is 0. The second-order valence-electron chi connectivity index (χ2n) is 4.48. The first-order valence-electron chi connectivity index (χ1n) is 6.02. The molecule has 100 valence electrons. The Morgan fingerprint density at radius 3 is 2.70 bits per heavy atom. The fraction of sp³-hybridized carbons (Fsp3) is 0.0667. The normalized spacial score (nSPS) is 10.9. The summed E-state index contributed by atoms with van der Waals surface area (Å²) < 4.78 is 2.91. The van der Waals surface area contributed by atoms with Gasteiger partial charge in [-0.1, -0.05) is 34.1 Å². The summed E-state index contributed by atoms with van der Waals surface area (Å²) in [5.41, 5.74) is 2.80. The molecule has 0 atom stereocenters. The van der Waals surface area contributed by atoms with Gasteiger partial charge >= 0.3 is 5.97 Å². The topological polar surface area (TPSA) is 55.1 Å². The summed E-state index contributed by atoms with van der Waals surface area (Å²) in [4.78, 5) is 15.6. The molecule has 0 bridgehead atoms. The molecule has 0 aliphatic heterocycles. The molecular weight excluding hydrogens is 320 g/mol. The molecule has 1 aromatic heterocycles. The lowest BCUT2D eigenvalue weighted by Gasteiger charge is -2.04. The minimum absolute atomic E-state index is 0.245. The highest BCUT2D eigenvalue weighted by Gasteiger charge is 2.13. The van der Waals surface area contributed by atoms with E-state index in [0.29, 0.717) is 5.52 Å². The molecule has 3 aromatic rings. The van der Waals surface area contributed by atoms with Crippen LogP contribution in [0.25, 0.3) is 22.4 Å². The summed E-state index contributed by atoms with van der Waals surface area (Å²) >= 11 is 3.51. The highest BCUT2D eigenvalue weighted by atomic mass is 79.9. The van der Waals surface area contributed by atoms with Crippen LogP contribution in [-0.2, 0) is 7.05 Å². The van der Waals surface area contributed by atoms with E-state index >= 15 is 0 Å². The van der Waals surface area contributed by atoms with Gasteiger partial charge in [-0.15, -0.1) is 0 Å². The number of carbonyl (C=O) groups is 1. The van der Waals surface area contributed by atoms with Crippen molar-refractivity contribution in [3.63, 3.8) is 0 Å². The van der Waals surface area contributed by atoms with Gasteiger partial charge < -0.3 is 9.67 Å². The third-order valence-corrected chi connectivity index (χ3v) is 3.93. The summed E-state index contributed by atoms with van der Waals surface area (Å²) in [7, 11) is 1.92. The number of benzene rings is 2. The standard InChI is InChI=1S/C15H11BrN2O2/c1-18-13-7-6-9(15(19)20)8-12(13)17-14(18)10-4-2-3-5-11(10)16/h2-8H,1H3,(H,19,20). The van der Waals surface area contributed by atoms with Crippen LogP contribution in [0.5, 0.6) is 0 Å². The predicted octanol–water partition coefficient (Wildman–Crippen LogP) is 3.70. The van der Waals surface area contributed by atoms with Crippen molar-refractivity contribution in [3.05, 3.63) is 52.5 Å². The van der Waals surface area contributed by atoms with Crippen LogP contribution in [0.15, 0.2) is 46.9 Å². The van der Waals surface area contributed by atoms with Gasteiger partial charge in [0.2, 0.25) is 0 Å². The van der Waals surface area contributed by atoms with Crippen LogP contribution in [0.1, 0.15) is 10.4 Å². The molecule has 0 saturated carbocycles. The number of fused-ring (bicyclic) bond motifs is 1. The largest absolute Gasteiger partial charge is 0.478 e. The van der Waals surface area contributed by atoms with E-state index in [-0.39, 0.29) is 5.56 Å². The summed E-state index contributed by atoms with van der Waals surface area (Å²) in [6.45, 7) is 0. The van der Waals surface area contributed by atoms with Gasteiger partial charge in [0, 0.05) is 17.1 Å². The molecule has 5 heteroatoms. The Kier molecular flexibility index (Phi) is 3.06. The van der Waals surface area contributed by atoms with E-state index in [4.69, 9.17) is 5.11 Å². The van der Waals surface area contributed by atoms with Crippen molar-refractivity contribution in [2.75, 3.05) is 0 Å². The Labute approximate surface area is 123 Å². The second-order valence-corrected chi connectivity index (χ2v) is 5.34. The second kappa shape index (κ2) is 4.76. The van der Waals surface area contributed by atoms with Gasteiger partial charge in [-0.2, -0.15) is 0 Å². The molecule has 0 saturated heterocycles. The molecule has 0 spiro atoms. The number of imidazole rings is 1. The molecule has 0 aliphatic carbocycles. The zero-order valence-electron chi connectivity index (χ0n) is 10.7. The van der Waals surface area contributed by atoms with Crippen molar-refractivity contribution in [3.8, 4) is 11.4 Å². The Balaban J connectivity index is 2.26. The average Bonchev–Trinajstić information content (AvgIpc) is 2.76. The number of carboxylic acid groups (broad SMARTS) is 1. The minimum Gasteiger partial charge on any atom is -0.478 e. The lowest BCUT2D eigenvalue weighted by atomic mass is 10.2. The van der Waals surface area contributed by atoms with Crippen LogP contribution in [0.2, 0.25) is 0 Å². The lowest BCUT2D eigenvalue weighted by molar-refractivity contribution is 0.0697. The maximum Gasteiger partial charge on any atom is 0.335 e. The Morgan fingerprint density at radius 2 is 2.00 bits per heavy atom. The molecule has 1 N–H and O–H groups in total. The van der Waals surface area contributed by atoms with Crippen molar-refractivity contribution in [1.82, 2.24) is 9.55 Å². The number of aromatic carboxylic acids is 1. The maximum absolute atomic E-state index is 11.0. The van der Waals surface area contributed by atoms with Gasteiger partial charge in [0.25, 0.3) is 0 Å². The van der Waals surface area contributed by atoms with Gasteiger partial charge in [-0.3, -0.25) is 0 Å². The molecule has 0 radical (unpaired) electrons. The van der Waals surface area contributed by atoms with Crippen LogP contribution in [-0.4, -0.2) is 20.6 Å². The third kappa shape index (κ3) is 2.00. The van der Waals surface area contributed by atoms with Crippen LogP contribution in [0.3, 0.4) is 0 Å². The minimum atomic E-state index is -0.944. The van der Waals surface area contributed by atoms with E-state index in [1.165, 1.54) is 0 Å². The molecule has 0 unspecified atom stereocenters. The highest BCUT2D eigenvalue weighted by Crippen LogP contribution is 2.29. The zero-order valence-corrected chi connectivity index (χ0v) is 12.3. The quantitative estimate of drug-likeness (QED) is 0.779. The van der Waals surface area contributed by atoms with Gasteiger partial charge in [-0.05, 0) is 24.3 Å². The molecule has 20 heavy (non-hydrogen) atoms. The van der Waals surface area contributed by atoms with Crippen molar-refractivity contribution in [2.24, 2.45) is 7.05 Å². The number of hydrogen-bond acceptors (Lipinski definition) is 2. The van der Waals surface area contributed by atoms with E-state index < -0.39 is 5.97 Å². The molecule has 0 amide bonds. The van der Waals surface area contributed by atoms with E-state index in [1.54, 1.807) is 18.2 Å². The smallest absolute Gasteiger partial charge is 0.335 e. The maximum atomic E-state index is 11.0. The fourth-order valence-corrected chi connectivity index (χ4v) is 2.68. The first kappa shape index (κ1) is 12.9. The molecule has 0 aliphatic rings. The number of nitrogens with zero attached hydrogens (tertiary/aromatic N) is 2. The monoisotopic (exact) mass is 330 g/mol. The third-order valence-electron chi connectivity index (χ3n) is 3.24. The van der Waals surface area contributed by atoms with E-state index in [1.807, 2.05) is 35.9 Å². The Morgan fingerprint density at radius 1 is 1.25 bits per heavy atom. The van der Waals surface area contributed by atoms with E-state index in [9.17, 15) is 4.79 Å². The van der Waals surface area contributed by atoms with Crippen LogP contribution >= 0.6 is 15.9 Å². The summed E-state index contributed by atoms with van der Waals surface area (Å²) in [5.74, 6) is -0.144. The number of hydrogen-bond donors (Lipinski definition) is 1. The number of halogens is 1. The molecule has 2 aromatic carbocycles. The first-order chi connectivity index (χ1) is 9.58. The molecule has 4 nitrogen and oxygen atoms in total. The SMILES string of the molecule is Cn1c(-c2ccccc2Br)nc2cc(C(=O)O)ccc21. The van der Waals surface area contributed by atoms with Crippen LogP contribution < -0.4 is 0 Å². The van der Waals surface area contributed by atoms with E-state index in [0.717, 1.165) is 21.4 Å². The molecule has 1 heterocycles.